The summed E-state index contributed by atoms with van der Waals surface area (Å²) in [5, 5.41) is 3.17. The highest BCUT2D eigenvalue weighted by atomic mass is 127. The summed E-state index contributed by atoms with van der Waals surface area (Å²) in [5.41, 5.74) is 0.773. The zero-order valence-electron chi connectivity index (χ0n) is 10.1. The third-order valence-corrected chi connectivity index (χ3v) is 4.19. The summed E-state index contributed by atoms with van der Waals surface area (Å²) >= 11 is 2.23. The molecule has 0 heterocycles. The van der Waals surface area contributed by atoms with Gasteiger partial charge in [0.25, 0.3) is 5.91 Å². The van der Waals surface area contributed by atoms with Crippen molar-refractivity contribution >= 4 is 28.5 Å². The Labute approximate surface area is 116 Å². The molecule has 1 amide bonds. The van der Waals surface area contributed by atoms with Crippen molar-refractivity contribution in [1.82, 2.24) is 5.32 Å². The van der Waals surface area contributed by atoms with Crippen molar-refractivity contribution in [1.29, 1.82) is 0 Å². The van der Waals surface area contributed by atoms with E-state index in [-0.39, 0.29) is 5.91 Å². The second kappa shape index (κ2) is 5.85. The van der Waals surface area contributed by atoms with E-state index in [2.05, 4.69) is 34.8 Å². The topological polar surface area (TPSA) is 29.1 Å². The first-order chi connectivity index (χ1) is 8.16. The molecule has 1 aliphatic carbocycles. The Morgan fingerprint density at radius 2 is 2.12 bits per heavy atom. The fourth-order valence-corrected chi connectivity index (χ4v) is 2.96. The van der Waals surface area contributed by atoms with Crippen LogP contribution in [0, 0.1) is 9.49 Å². The van der Waals surface area contributed by atoms with Gasteiger partial charge in [0.05, 0.1) is 0 Å². The van der Waals surface area contributed by atoms with Gasteiger partial charge in [-0.05, 0) is 59.5 Å². The van der Waals surface area contributed by atoms with Crippen molar-refractivity contribution in [3.05, 3.63) is 33.4 Å². The van der Waals surface area contributed by atoms with E-state index in [1.165, 1.54) is 19.3 Å². The summed E-state index contributed by atoms with van der Waals surface area (Å²) in [6, 6.07) is 8.10. The number of benzene rings is 1. The Kier molecular flexibility index (Phi) is 4.42. The minimum atomic E-state index is 0.0715. The molecule has 92 valence electrons. The van der Waals surface area contributed by atoms with E-state index in [0.29, 0.717) is 12.0 Å². The van der Waals surface area contributed by atoms with Gasteiger partial charge in [-0.25, -0.2) is 0 Å². The van der Waals surface area contributed by atoms with Crippen LogP contribution in [0.5, 0.6) is 0 Å². The largest absolute Gasteiger partial charge is 0.349 e. The molecule has 0 spiro atoms. The molecule has 1 aromatic carbocycles. The molecule has 0 unspecified atom stereocenters. The predicted molar refractivity (Wildman–Crippen MR) is 78.0 cm³/mol. The van der Waals surface area contributed by atoms with Crippen molar-refractivity contribution < 1.29 is 4.79 Å². The number of hydrogen-bond donors (Lipinski definition) is 1. The maximum absolute atomic E-state index is 12.1. The normalized spacial score (nSPS) is 24.4. The van der Waals surface area contributed by atoms with Gasteiger partial charge < -0.3 is 5.32 Å². The molecule has 0 aliphatic heterocycles. The molecule has 0 radical (unpaired) electrons. The number of amides is 1. The highest BCUT2D eigenvalue weighted by molar-refractivity contribution is 14.1. The number of halogens is 1. The fourth-order valence-electron chi connectivity index (χ4n) is 2.41. The molecule has 3 heteroatoms. The number of nitrogens with one attached hydrogen (secondary N) is 1. The van der Waals surface area contributed by atoms with Gasteiger partial charge in [-0.1, -0.05) is 25.8 Å². The summed E-state index contributed by atoms with van der Waals surface area (Å²) in [5.74, 6) is 0.678. The molecule has 1 aliphatic rings. The Hall–Kier alpha value is -0.580. The summed E-state index contributed by atoms with van der Waals surface area (Å²) in [7, 11) is 0. The van der Waals surface area contributed by atoms with Gasteiger partial charge in [-0.15, -0.1) is 0 Å². The lowest BCUT2D eigenvalue weighted by molar-refractivity contribution is 0.0910. The molecule has 17 heavy (non-hydrogen) atoms. The van der Waals surface area contributed by atoms with E-state index in [1.54, 1.807) is 0 Å². The van der Waals surface area contributed by atoms with Crippen LogP contribution in [0.25, 0.3) is 0 Å². The molecular weight excluding hydrogens is 325 g/mol. The average molecular weight is 343 g/mol. The van der Waals surface area contributed by atoms with Crippen LogP contribution in [-0.4, -0.2) is 11.9 Å². The van der Waals surface area contributed by atoms with Crippen LogP contribution in [0.3, 0.4) is 0 Å². The second-order valence-electron chi connectivity index (χ2n) is 4.85. The minimum Gasteiger partial charge on any atom is -0.349 e. The Morgan fingerprint density at radius 3 is 2.82 bits per heavy atom. The van der Waals surface area contributed by atoms with Crippen LogP contribution in [0.15, 0.2) is 24.3 Å². The van der Waals surface area contributed by atoms with Crippen LogP contribution in [0.4, 0.5) is 0 Å². The lowest BCUT2D eigenvalue weighted by atomic mass is 9.86. The molecule has 1 N–H and O–H groups in total. The van der Waals surface area contributed by atoms with Crippen LogP contribution < -0.4 is 5.32 Å². The molecule has 0 bridgehead atoms. The van der Waals surface area contributed by atoms with E-state index in [1.807, 2.05) is 24.3 Å². The smallest absolute Gasteiger partial charge is 0.251 e. The molecule has 1 aromatic rings. The zero-order valence-corrected chi connectivity index (χ0v) is 12.2. The lowest BCUT2D eigenvalue weighted by Gasteiger charge is -2.29. The van der Waals surface area contributed by atoms with Gasteiger partial charge in [0.1, 0.15) is 0 Å². The van der Waals surface area contributed by atoms with Gasteiger partial charge in [-0.3, -0.25) is 4.79 Å². The molecule has 2 nitrogen and oxygen atoms in total. The molecule has 2 rings (SSSR count). The van der Waals surface area contributed by atoms with Crippen LogP contribution >= 0.6 is 22.6 Å². The Morgan fingerprint density at radius 1 is 1.35 bits per heavy atom. The van der Waals surface area contributed by atoms with Crippen molar-refractivity contribution in [2.24, 2.45) is 5.92 Å². The van der Waals surface area contributed by atoms with Crippen LogP contribution in [0.2, 0.25) is 0 Å². The Balaban J connectivity index is 2.01. The van der Waals surface area contributed by atoms with Crippen LogP contribution in [-0.2, 0) is 0 Å². The van der Waals surface area contributed by atoms with Gasteiger partial charge >= 0.3 is 0 Å². The van der Waals surface area contributed by atoms with Gasteiger partial charge in [0.2, 0.25) is 0 Å². The van der Waals surface area contributed by atoms with E-state index in [0.717, 1.165) is 15.6 Å². The first kappa shape index (κ1) is 12.9. The molecular formula is C14H18INO. The third kappa shape index (κ3) is 3.44. The fraction of sp³-hybridized carbons (Fsp3) is 0.500. The molecule has 1 saturated carbocycles. The number of rotatable bonds is 2. The molecule has 2 atom stereocenters. The zero-order chi connectivity index (χ0) is 12.3. The number of carbonyl (C=O) groups excluding carboxylic acids is 1. The maximum Gasteiger partial charge on any atom is 0.251 e. The second-order valence-corrected chi connectivity index (χ2v) is 6.10. The summed E-state index contributed by atoms with van der Waals surface area (Å²) in [6.45, 7) is 2.23. The molecule has 0 saturated heterocycles. The highest BCUT2D eigenvalue weighted by Crippen LogP contribution is 2.24. The van der Waals surface area contributed by atoms with Crippen molar-refractivity contribution in [2.75, 3.05) is 0 Å². The summed E-state index contributed by atoms with van der Waals surface area (Å²) < 4.78 is 1.10. The predicted octanol–water partition coefficient (Wildman–Crippen LogP) is 3.60. The standard InChI is InChI=1S/C14H18INO/c1-10-5-2-3-8-13(10)16-14(17)11-6-4-7-12(15)9-11/h4,6-7,9-10,13H,2-3,5,8H2,1H3,(H,16,17)/t10-,13-/m1/s1. The van der Waals surface area contributed by atoms with E-state index in [4.69, 9.17) is 0 Å². The Bertz CT molecular complexity index is 405. The van der Waals surface area contributed by atoms with Crippen molar-refractivity contribution in [3.8, 4) is 0 Å². The van der Waals surface area contributed by atoms with E-state index >= 15 is 0 Å². The van der Waals surface area contributed by atoms with Gasteiger partial charge in [-0.2, -0.15) is 0 Å². The quantitative estimate of drug-likeness (QED) is 0.817. The monoisotopic (exact) mass is 343 g/mol. The molecule has 1 fully saturated rings. The maximum atomic E-state index is 12.1. The minimum absolute atomic E-state index is 0.0715. The van der Waals surface area contributed by atoms with E-state index in [9.17, 15) is 4.79 Å². The van der Waals surface area contributed by atoms with Crippen molar-refractivity contribution in [2.45, 2.75) is 38.6 Å². The highest BCUT2D eigenvalue weighted by Gasteiger charge is 2.23. The summed E-state index contributed by atoms with van der Waals surface area (Å²) in [4.78, 5) is 12.1. The molecule has 0 aromatic heterocycles. The number of carbonyl (C=O) groups is 1. The third-order valence-electron chi connectivity index (χ3n) is 3.51. The lowest BCUT2D eigenvalue weighted by Crippen LogP contribution is -2.41. The van der Waals surface area contributed by atoms with E-state index < -0.39 is 0 Å². The van der Waals surface area contributed by atoms with Gasteiger partial charge in [0, 0.05) is 15.2 Å². The first-order valence-corrected chi connectivity index (χ1v) is 7.31. The van der Waals surface area contributed by atoms with Crippen LogP contribution in [0.1, 0.15) is 43.0 Å². The SMILES string of the molecule is C[C@@H]1CCCC[C@H]1NC(=O)c1cccc(I)c1. The number of hydrogen-bond acceptors (Lipinski definition) is 1. The summed E-state index contributed by atoms with van der Waals surface area (Å²) in [6.07, 6.45) is 4.90. The first-order valence-electron chi connectivity index (χ1n) is 6.23. The average Bonchev–Trinajstić information content (AvgIpc) is 2.32. The van der Waals surface area contributed by atoms with Crippen molar-refractivity contribution in [3.63, 3.8) is 0 Å². The van der Waals surface area contributed by atoms with Gasteiger partial charge in [0.15, 0.2) is 0 Å².